The summed E-state index contributed by atoms with van der Waals surface area (Å²) < 4.78 is 0. The third-order valence-electron chi connectivity index (χ3n) is 4.02. The molecule has 1 heterocycles. The van der Waals surface area contributed by atoms with E-state index in [1.54, 1.807) is 0 Å². The van der Waals surface area contributed by atoms with Crippen LogP contribution in [0, 0.1) is 19.8 Å². The molecule has 0 saturated heterocycles. The molecule has 2 rings (SSSR count). The van der Waals surface area contributed by atoms with Gasteiger partial charge in [-0.25, -0.2) is 4.98 Å². The maximum Gasteiger partial charge on any atom is 0.0900 e. The molecule has 1 N–H and O–H groups in total. The Morgan fingerprint density at radius 3 is 2.44 bits per heavy atom. The van der Waals surface area contributed by atoms with Crippen molar-refractivity contribution in [1.29, 1.82) is 0 Å². The smallest absolute Gasteiger partial charge is 0.0900 e. The van der Waals surface area contributed by atoms with Gasteiger partial charge in [-0.2, -0.15) is 0 Å². The first-order valence-electron chi connectivity index (χ1n) is 7.34. The van der Waals surface area contributed by atoms with Crippen LogP contribution in [-0.2, 0) is 0 Å². The molecule has 2 nitrogen and oxygen atoms in total. The Labute approximate surface area is 115 Å². The third kappa shape index (κ3) is 3.79. The van der Waals surface area contributed by atoms with Crippen molar-refractivity contribution in [3.8, 4) is 0 Å². The Morgan fingerprint density at radius 1 is 1.22 bits per heavy atom. The van der Waals surface area contributed by atoms with E-state index < -0.39 is 0 Å². The molecule has 0 amide bonds. The van der Waals surface area contributed by atoms with Crippen molar-refractivity contribution in [2.24, 2.45) is 5.92 Å². The predicted molar refractivity (Wildman–Crippen MR) is 79.2 cm³/mol. The molecule has 0 spiro atoms. The second-order valence-electron chi connectivity index (χ2n) is 5.67. The molecular weight excluding hydrogens is 240 g/mol. The first-order valence-corrected chi connectivity index (χ1v) is 8.15. The fraction of sp³-hybridized carbons (Fsp3) is 0.800. The first-order chi connectivity index (χ1) is 8.66. The van der Waals surface area contributed by atoms with E-state index in [9.17, 15) is 0 Å². The van der Waals surface area contributed by atoms with Crippen molar-refractivity contribution >= 4 is 11.3 Å². The Hall–Kier alpha value is -0.410. The van der Waals surface area contributed by atoms with Gasteiger partial charge in [-0.05, 0) is 46.1 Å². The van der Waals surface area contributed by atoms with Crippen LogP contribution >= 0.6 is 11.3 Å². The Bertz CT molecular complexity index is 365. The van der Waals surface area contributed by atoms with Gasteiger partial charge in [0.25, 0.3) is 0 Å². The first kappa shape index (κ1) is 14.0. The molecule has 1 aromatic rings. The summed E-state index contributed by atoms with van der Waals surface area (Å²) in [5.74, 6) is 0.893. The van der Waals surface area contributed by atoms with Crippen LogP contribution in [-0.4, -0.2) is 11.5 Å². The number of aromatic nitrogens is 1. The van der Waals surface area contributed by atoms with E-state index in [2.05, 4.69) is 31.1 Å². The minimum Gasteiger partial charge on any atom is -0.309 e. The van der Waals surface area contributed by atoms with Crippen LogP contribution in [0.3, 0.4) is 0 Å². The highest BCUT2D eigenvalue weighted by atomic mass is 32.1. The summed E-state index contributed by atoms with van der Waals surface area (Å²) in [6.07, 6.45) is 8.58. The fourth-order valence-electron chi connectivity index (χ4n) is 2.95. The number of hydrogen-bond acceptors (Lipinski definition) is 3. The summed E-state index contributed by atoms with van der Waals surface area (Å²) in [6, 6.07) is 0.458. The molecule has 3 heteroatoms. The molecule has 0 aromatic carbocycles. The number of aryl methyl sites for hydroxylation is 2. The minimum absolute atomic E-state index is 0.458. The molecule has 1 unspecified atom stereocenters. The van der Waals surface area contributed by atoms with Crippen molar-refractivity contribution < 1.29 is 0 Å². The van der Waals surface area contributed by atoms with Crippen LogP contribution in [0.4, 0.5) is 0 Å². The molecular formula is C15H26N2S. The third-order valence-corrected chi connectivity index (χ3v) is 5.28. The van der Waals surface area contributed by atoms with Crippen LogP contribution in [0.5, 0.6) is 0 Å². The van der Waals surface area contributed by atoms with Gasteiger partial charge >= 0.3 is 0 Å². The van der Waals surface area contributed by atoms with Crippen molar-refractivity contribution in [3.63, 3.8) is 0 Å². The number of nitrogens with zero attached hydrogens (tertiary/aromatic N) is 1. The monoisotopic (exact) mass is 266 g/mol. The summed E-state index contributed by atoms with van der Waals surface area (Å²) in [6.45, 7) is 7.68. The minimum atomic E-state index is 0.458. The SMILES string of the molecule is Cc1nc(C)c(C(C)NCC2CCCCCC2)s1. The molecule has 0 aliphatic heterocycles. The lowest BCUT2D eigenvalue weighted by atomic mass is 10.00. The second-order valence-corrected chi connectivity index (χ2v) is 6.90. The van der Waals surface area contributed by atoms with Gasteiger partial charge < -0.3 is 5.32 Å². The van der Waals surface area contributed by atoms with Gasteiger partial charge in [-0.15, -0.1) is 11.3 Å². The van der Waals surface area contributed by atoms with E-state index in [1.807, 2.05) is 11.3 Å². The second kappa shape index (κ2) is 6.67. The van der Waals surface area contributed by atoms with Crippen molar-refractivity contribution in [2.45, 2.75) is 65.3 Å². The molecule has 1 fully saturated rings. The molecule has 1 aromatic heterocycles. The van der Waals surface area contributed by atoms with Crippen LogP contribution in [0.1, 0.15) is 67.1 Å². The lowest BCUT2D eigenvalue weighted by molar-refractivity contribution is 0.404. The van der Waals surface area contributed by atoms with Gasteiger partial charge in [-0.3, -0.25) is 0 Å². The van der Waals surface area contributed by atoms with Gasteiger partial charge in [0.2, 0.25) is 0 Å². The lowest BCUT2D eigenvalue weighted by Gasteiger charge is -2.19. The normalized spacial score (nSPS) is 19.7. The van der Waals surface area contributed by atoms with Gasteiger partial charge in [0.05, 0.1) is 10.7 Å². The maximum absolute atomic E-state index is 4.52. The Balaban J connectivity index is 1.83. The maximum atomic E-state index is 4.52. The quantitative estimate of drug-likeness (QED) is 0.818. The topological polar surface area (TPSA) is 24.9 Å². The standard InChI is InChI=1S/C15H26N2S/c1-11(15-12(2)17-13(3)18-15)16-10-14-8-6-4-5-7-9-14/h11,14,16H,4-10H2,1-3H3. The zero-order valence-electron chi connectivity index (χ0n) is 12.0. The van der Waals surface area contributed by atoms with Crippen LogP contribution in [0.15, 0.2) is 0 Å². The largest absolute Gasteiger partial charge is 0.309 e. The Kier molecular flexibility index (Phi) is 5.19. The van der Waals surface area contributed by atoms with Crippen molar-refractivity contribution in [3.05, 3.63) is 15.6 Å². The van der Waals surface area contributed by atoms with Crippen LogP contribution < -0.4 is 5.32 Å². The summed E-state index contributed by atoms with van der Waals surface area (Å²) in [5, 5.41) is 4.91. The van der Waals surface area contributed by atoms with Crippen molar-refractivity contribution in [2.75, 3.05) is 6.54 Å². The van der Waals surface area contributed by atoms with E-state index in [1.165, 1.54) is 60.6 Å². The average molecular weight is 266 g/mol. The zero-order valence-corrected chi connectivity index (χ0v) is 12.8. The van der Waals surface area contributed by atoms with Gasteiger partial charge in [0, 0.05) is 10.9 Å². The summed E-state index contributed by atoms with van der Waals surface area (Å²) in [5.41, 5.74) is 1.21. The van der Waals surface area contributed by atoms with Gasteiger partial charge in [0.1, 0.15) is 0 Å². The predicted octanol–water partition coefficient (Wildman–Crippen LogP) is 4.38. The number of rotatable bonds is 4. The highest BCUT2D eigenvalue weighted by molar-refractivity contribution is 7.11. The van der Waals surface area contributed by atoms with Crippen LogP contribution in [0.2, 0.25) is 0 Å². The molecule has 18 heavy (non-hydrogen) atoms. The summed E-state index contributed by atoms with van der Waals surface area (Å²) in [4.78, 5) is 5.94. The van der Waals surface area contributed by atoms with Crippen molar-refractivity contribution in [1.82, 2.24) is 10.3 Å². The fourth-order valence-corrected chi connectivity index (χ4v) is 3.91. The number of thiazole rings is 1. The summed E-state index contributed by atoms with van der Waals surface area (Å²) >= 11 is 1.84. The molecule has 1 aliphatic carbocycles. The van der Waals surface area contributed by atoms with E-state index >= 15 is 0 Å². The molecule has 1 saturated carbocycles. The highest BCUT2D eigenvalue weighted by Gasteiger charge is 2.16. The number of hydrogen-bond donors (Lipinski definition) is 1. The highest BCUT2D eigenvalue weighted by Crippen LogP contribution is 2.26. The van der Waals surface area contributed by atoms with Gasteiger partial charge in [0.15, 0.2) is 0 Å². The van der Waals surface area contributed by atoms with Gasteiger partial charge in [-0.1, -0.05) is 25.7 Å². The number of nitrogens with one attached hydrogen (secondary N) is 1. The molecule has 0 bridgehead atoms. The van der Waals surface area contributed by atoms with E-state index in [0.29, 0.717) is 6.04 Å². The zero-order chi connectivity index (χ0) is 13.0. The van der Waals surface area contributed by atoms with E-state index in [-0.39, 0.29) is 0 Å². The van der Waals surface area contributed by atoms with Crippen LogP contribution in [0.25, 0.3) is 0 Å². The molecule has 0 radical (unpaired) electrons. The summed E-state index contributed by atoms with van der Waals surface area (Å²) in [7, 11) is 0. The van der Waals surface area contributed by atoms with E-state index in [0.717, 1.165) is 5.92 Å². The molecule has 102 valence electrons. The molecule has 1 atom stereocenters. The van der Waals surface area contributed by atoms with E-state index in [4.69, 9.17) is 0 Å². The lowest BCUT2D eigenvalue weighted by Crippen LogP contribution is -2.25. The molecule has 1 aliphatic rings. The Morgan fingerprint density at radius 2 is 1.89 bits per heavy atom. The average Bonchev–Trinajstić information content (AvgIpc) is 2.57.